The van der Waals surface area contributed by atoms with E-state index in [0.717, 1.165) is 0 Å². The van der Waals surface area contributed by atoms with Crippen LogP contribution in [0.5, 0.6) is 0 Å². The average Bonchev–Trinajstić information content (AvgIpc) is 1.30. The molecule has 0 aliphatic carbocycles. The van der Waals surface area contributed by atoms with Crippen molar-refractivity contribution in [3.8, 4) is 0 Å². The van der Waals surface area contributed by atoms with Crippen molar-refractivity contribution in [1.29, 1.82) is 0 Å². The van der Waals surface area contributed by atoms with Crippen LogP contribution in [0.1, 0.15) is 9.16 Å². The SMILES string of the molecule is [2H]C([2H])(O)CCO. The Hall–Kier alpha value is -0.0800. The van der Waals surface area contributed by atoms with Crippen LogP contribution in [0.2, 0.25) is 0 Å². The van der Waals surface area contributed by atoms with E-state index in [1.165, 1.54) is 0 Å². The lowest BCUT2D eigenvalue weighted by Gasteiger charge is -1.79. The maximum Gasteiger partial charge on any atom is 0.0565 e. The molecule has 0 aliphatic heterocycles. The Labute approximate surface area is 33.9 Å². The molecule has 0 rings (SSSR count). The monoisotopic (exact) mass is 78.1 g/mol. The molecule has 0 saturated carbocycles. The fraction of sp³-hybridized carbons (Fsp3) is 1.00. The van der Waals surface area contributed by atoms with E-state index in [-0.39, 0.29) is 13.0 Å². The Kier molecular flexibility index (Phi) is 1.69. The third kappa shape index (κ3) is 3.92. The molecule has 2 N–H and O–H groups in total. The van der Waals surface area contributed by atoms with Crippen LogP contribution in [0, 0.1) is 0 Å². The normalized spacial score (nSPS) is 17.2. The summed E-state index contributed by atoms with van der Waals surface area (Å²) in [5, 5.41) is 16.2. The van der Waals surface area contributed by atoms with Crippen molar-refractivity contribution in [3.05, 3.63) is 0 Å². The smallest absolute Gasteiger partial charge is 0.0565 e. The molecule has 0 aromatic heterocycles. The number of rotatable bonds is 2. The molecule has 2 heteroatoms. The van der Waals surface area contributed by atoms with Gasteiger partial charge in [0, 0.05) is 13.2 Å². The Bertz CT molecular complexity index is 49.4. The fourth-order valence-electron chi connectivity index (χ4n) is 0.0500. The third-order valence-electron chi connectivity index (χ3n) is 0.224. The van der Waals surface area contributed by atoms with Gasteiger partial charge in [0.05, 0.1) is 2.74 Å². The number of aliphatic hydroxyl groups is 2. The second-order valence-corrected chi connectivity index (χ2v) is 0.632. The third-order valence-corrected chi connectivity index (χ3v) is 0.224. The van der Waals surface area contributed by atoms with E-state index in [0.29, 0.717) is 0 Å². The van der Waals surface area contributed by atoms with Crippen LogP contribution in [0.3, 0.4) is 0 Å². The summed E-state index contributed by atoms with van der Waals surface area (Å²) in [4.78, 5) is 0. The summed E-state index contributed by atoms with van der Waals surface area (Å²) in [6.07, 6.45) is -0.215. The molecule has 0 amide bonds. The zero-order chi connectivity index (χ0) is 5.91. The Morgan fingerprint density at radius 1 is 1.60 bits per heavy atom. The van der Waals surface area contributed by atoms with Crippen molar-refractivity contribution in [2.45, 2.75) is 6.42 Å². The predicted octanol–water partition coefficient (Wildman–Crippen LogP) is -0.639. The molecular formula is C3H8O2. The van der Waals surface area contributed by atoms with E-state index in [9.17, 15) is 0 Å². The molecule has 0 aliphatic rings. The van der Waals surface area contributed by atoms with Gasteiger partial charge in [0.15, 0.2) is 0 Å². The van der Waals surface area contributed by atoms with Crippen LogP contribution in [0.15, 0.2) is 0 Å². The lowest BCUT2D eigenvalue weighted by atomic mass is 10.5. The van der Waals surface area contributed by atoms with Crippen LogP contribution >= 0.6 is 0 Å². The van der Waals surface area contributed by atoms with Gasteiger partial charge in [-0.3, -0.25) is 0 Å². The number of hydrogen-bond acceptors (Lipinski definition) is 2. The average molecular weight is 78.1 g/mol. The topological polar surface area (TPSA) is 40.5 Å². The van der Waals surface area contributed by atoms with Crippen LogP contribution < -0.4 is 0 Å². The molecule has 0 atom stereocenters. The Morgan fingerprint density at radius 3 is 2.20 bits per heavy atom. The van der Waals surface area contributed by atoms with E-state index in [2.05, 4.69) is 0 Å². The van der Waals surface area contributed by atoms with Crippen LogP contribution in [-0.2, 0) is 0 Å². The minimum atomic E-state index is -2.20. The lowest BCUT2D eigenvalue weighted by molar-refractivity contribution is 0.221. The van der Waals surface area contributed by atoms with Crippen molar-refractivity contribution in [3.63, 3.8) is 0 Å². The second-order valence-electron chi connectivity index (χ2n) is 0.632. The Balaban J connectivity index is 3.15. The standard InChI is InChI=1S/C3H8O2/c4-2-1-3-5/h4-5H,1-3H2/i2D2. The molecule has 5 heavy (non-hydrogen) atoms. The summed E-state index contributed by atoms with van der Waals surface area (Å²) < 4.78 is 12.8. The van der Waals surface area contributed by atoms with Gasteiger partial charge in [-0.2, -0.15) is 0 Å². The largest absolute Gasteiger partial charge is 0.396 e. The van der Waals surface area contributed by atoms with E-state index < -0.39 is 6.56 Å². The van der Waals surface area contributed by atoms with Gasteiger partial charge in [0.25, 0.3) is 0 Å². The van der Waals surface area contributed by atoms with Crippen LogP contribution in [-0.4, -0.2) is 23.4 Å². The van der Waals surface area contributed by atoms with Crippen molar-refractivity contribution in [2.75, 3.05) is 13.2 Å². The summed E-state index contributed by atoms with van der Waals surface area (Å²) in [6, 6.07) is 0. The lowest BCUT2D eigenvalue weighted by Crippen LogP contribution is -1.85. The van der Waals surface area contributed by atoms with Gasteiger partial charge in [0.1, 0.15) is 0 Å². The van der Waals surface area contributed by atoms with Gasteiger partial charge < -0.3 is 10.2 Å². The quantitative estimate of drug-likeness (QED) is 0.461. The highest BCUT2D eigenvalue weighted by atomic mass is 16.3. The first-order valence-electron chi connectivity index (χ1n) is 2.39. The van der Waals surface area contributed by atoms with Gasteiger partial charge in [-0.25, -0.2) is 0 Å². The minimum Gasteiger partial charge on any atom is -0.396 e. The van der Waals surface area contributed by atoms with Crippen molar-refractivity contribution >= 4 is 0 Å². The van der Waals surface area contributed by atoms with Crippen LogP contribution in [0.25, 0.3) is 0 Å². The first-order valence-corrected chi connectivity index (χ1v) is 1.39. The van der Waals surface area contributed by atoms with Gasteiger partial charge in [-0.05, 0) is 6.42 Å². The molecule has 32 valence electrons. The van der Waals surface area contributed by atoms with Crippen molar-refractivity contribution in [2.24, 2.45) is 0 Å². The first kappa shape index (κ1) is 2.16. The van der Waals surface area contributed by atoms with E-state index in [1.54, 1.807) is 0 Å². The summed E-state index contributed by atoms with van der Waals surface area (Å²) in [6.45, 7) is -2.52. The highest BCUT2D eigenvalue weighted by molar-refractivity contribution is 4.22. The molecule has 0 bridgehead atoms. The summed E-state index contributed by atoms with van der Waals surface area (Å²) >= 11 is 0. The molecule has 0 fully saturated rings. The molecule has 0 unspecified atom stereocenters. The summed E-state index contributed by atoms with van der Waals surface area (Å²) in [5.41, 5.74) is 0. The highest BCUT2D eigenvalue weighted by Gasteiger charge is 1.70. The second kappa shape index (κ2) is 3.92. The highest BCUT2D eigenvalue weighted by Crippen LogP contribution is 1.65. The molecular weight excluding hydrogens is 68.0 g/mol. The zero-order valence-corrected chi connectivity index (χ0v) is 2.81. The summed E-state index contributed by atoms with van der Waals surface area (Å²) in [5.74, 6) is 0. The van der Waals surface area contributed by atoms with Gasteiger partial charge in [-0.15, -0.1) is 0 Å². The van der Waals surface area contributed by atoms with Crippen molar-refractivity contribution < 1.29 is 13.0 Å². The minimum absolute atomic E-state index is 0.215. The maximum absolute atomic E-state index is 8.19. The number of aliphatic hydroxyl groups excluding tert-OH is 1. The van der Waals surface area contributed by atoms with E-state index in [1.807, 2.05) is 0 Å². The molecule has 2 nitrogen and oxygen atoms in total. The molecule has 0 aromatic carbocycles. The molecule has 0 heterocycles. The maximum atomic E-state index is 8.19. The molecule has 0 aromatic rings. The fourth-order valence-corrected chi connectivity index (χ4v) is 0.0500. The molecule has 0 radical (unpaired) electrons. The summed E-state index contributed by atoms with van der Waals surface area (Å²) in [7, 11) is 0. The molecule has 0 spiro atoms. The van der Waals surface area contributed by atoms with Gasteiger partial charge in [-0.1, -0.05) is 0 Å². The molecule has 0 saturated heterocycles. The Morgan fingerprint density at radius 2 is 2.20 bits per heavy atom. The van der Waals surface area contributed by atoms with E-state index >= 15 is 0 Å². The van der Waals surface area contributed by atoms with Gasteiger partial charge >= 0.3 is 0 Å². The number of hydrogen-bond donors (Lipinski definition) is 2. The van der Waals surface area contributed by atoms with E-state index in [4.69, 9.17) is 13.0 Å². The van der Waals surface area contributed by atoms with Crippen LogP contribution in [0.4, 0.5) is 0 Å². The zero-order valence-electron chi connectivity index (χ0n) is 4.81. The predicted molar refractivity (Wildman–Crippen MR) is 18.8 cm³/mol. The first-order chi connectivity index (χ1) is 3.06. The van der Waals surface area contributed by atoms with Gasteiger partial charge in [0.2, 0.25) is 0 Å². The van der Waals surface area contributed by atoms with Crippen molar-refractivity contribution in [1.82, 2.24) is 0 Å².